The van der Waals surface area contributed by atoms with Crippen LogP contribution < -0.4 is 27.8 Å². The van der Waals surface area contributed by atoms with Gasteiger partial charge in [-0.2, -0.15) is 0 Å². The fourth-order valence-corrected chi connectivity index (χ4v) is 5.76. The van der Waals surface area contributed by atoms with Crippen molar-refractivity contribution < 1.29 is 19.1 Å². The van der Waals surface area contributed by atoms with Crippen molar-refractivity contribution in [2.24, 2.45) is 11.7 Å². The summed E-state index contributed by atoms with van der Waals surface area (Å²) in [5.41, 5.74) is 20.9. The van der Waals surface area contributed by atoms with E-state index in [0.717, 1.165) is 17.0 Å². The summed E-state index contributed by atoms with van der Waals surface area (Å²) < 4.78 is 5.47. The molecule has 0 aromatic heterocycles. The Morgan fingerprint density at radius 1 is 0.844 bits per heavy atom. The number of nitrogen functional groups attached to an aromatic ring is 2. The molecule has 9 heteroatoms. The second kappa shape index (κ2) is 16.5. The van der Waals surface area contributed by atoms with Gasteiger partial charge in [0, 0.05) is 16.9 Å². The van der Waals surface area contributed by atoms with Crippen LogP contribution in [0.15, 0.2) is 60.7 Å². The predicted octanol–water partition coefficient (Wildman–Crippen LogP) is 8.07. The van der Waals surface area contributed by atoms with Gasteiger partial charge in [0.05, 0.1) is 11.4 Å². The average Bonchev–Trinajstić information content (AvgIpc) is 2.97. The molecular formula is C36H49N5O4. The number of nitrogens with two attached hydrogens (primary N) is 3. The van der Waals surface area contributed by atoms with Gasteiger partial charge < -0.3 is 27.3 Å². The lowest BCUT2D eigenvalue weighted by Gasteiger charge is -2.29. The molecule has 4 rings (SSSR count). The van der Waals surface area contributed by atoms with E-state index in [4.69, 9.17) is 21.0 Å². The second-order valence-corrected chi connectivity index (χ2v) is 12.7. The van der Waals surface area contributed by atoms with Crippen molar-refractivity contribution in [1.29, 1.82) is 0 Å². The van der Waals surface area contributed by atoms with Crippen LogP contribution in [0.1, 0.15) is 101 Å². The quantitative estimate of drug-likeness (QED) is 0.0928. The van der Waals surface area contributed by atoms with Gasteiger partial charge in [-0.25, -0.2) is 4.79 Å². The van der Waals surface area contributed by atoms with E-state index in [-0.39, 0.29) is 12.3 Å². The van der Waals surface area contributed by atoms with Crippen molar-refractivity contribution in [3.05, 3.63) is 71.8 Å². The number of nitrogens with one attached hydrogen (secondary N) is 2. The molecule has 0 saturated heterocycles. The van der Waals surface area contributed by atoms with E-state index in [9.17, 15) is 9.59 Å². The monoisotopic (exact) mass is 615 g/mol. The maximum atomic E-state index is 13.3. The van der Waals surface area contributed by atoms with Crippen molar-refractivity contribution >= 4 is 41.2 Å². The van der Waals surface area contributed by atoms with Gasteiger partial charge in [-0.15, -0.1) is 0 Å². The van der Waals surface area contributed by atoms with E-state index < -0.39 is 11.7 Å². The van der Waals surface area contributed by atoms with Crippen LogP contribution in [-0.2, 0) is 9.53 Å². The fourth-order valence-electron chi connectivity index (χ4n) is 5.76. The SMILES string of the molecule is CCCCC[C@H]1CC[C@H](c2ccc(C(=O)Nc3ccc(-c4cc(N)cc(N)c4)cc3NC(=O)OC(C)(C)C)cc2)CC1.NC=O. The predicted molar refractivity (Wildman–Crippen MR) is 184 cm³/mol. The number of ether oxygens (including phenoxy) is 1. The Labute approximate surface area is 267 Å². The second-order valence-electron chi connectivity index (χ2n) is 12.7. The van der Waals surface area contributed by atoms with Crippen LogP contribution in [0.3, 0.4) is 0 Å². The molecule has 0 atom stereocenters. The van der Waals surface area contributed by atoms with Gasteiger partial charge in [0.2, 0.25) is 6.41 Å². The Bertz CT molecular complexity index is 1400. The molecule has 8 N–H and O–H groups in total. The molecule has 1 aliphatic rings. The Balaban J connectivity index is 0.00000177. The third-order valence-electron chi connectivity index (χ3n) is 7.92. The first-order valence-corrected chi connectivity index (χ1v) is 15.8. The molecule has 242 valence electrons. The number of anilines is 4. The molecule has 0 aliphatic heterocycles. The normalized spacial score (nSPS) is 16.1. The van der Waals surface area contributed by atoms with Crippen molar-refractivity contribution in [3.8, 4) is 11.1 Å². The molecule has 3 aromatic rings. The summed E-state index contributed by atoms with van der Waals surface area (Å²) >= 11 is 0. The van der Waals surface area contributed by atoms with Crippen LogP contribution in [0.4, 0.5) is 27.5 Å². The minimum atomic E-state index is -0.677. The third kappa shape index (κ3) is 11.2. The highest BCUT2D eigenvalue weighted by Crippen LogP contribution is 2.38. The zero-order chi connectivity index (χ0) is 33.0. The van der Waals surface area contributed by atoms with Gasteiger partial charge >= 0.3 is 6.09 Å². The smallest absolute Gasteiger partial charge is 0.412 e. The van der Waals surface area contributed by atoms with E-state index in [0.29, 0.717) is 34.2 Å². The molecule has 45 heavy (non-hydrogen) atoms. The first-order chi connectivity index (χ1) is 21.4. The first kappa shape index (κ1) is 35.0. The van der Waals surface area contributed by atoms with Gasteiger partial charge in [0.15, 0.2) is 0 Å². The molecule has 3 aromatic carbocycles. The molecule has 0 unspecified atom stereocenters. The highest BCUT2D eigenvalue weighted by molar-refractivity contribution is 6.07. The molecule has 0 heterocycles. The standard InChI is InChI=1S/C35H46N4O3.CH3NO/c1-5-6-7-8-23-9-11-24(12-10-23)25-13-15-26(16-14-25)33(40)38-31-18-17-27(28-19-29(36)22-30(37)20-28)21-32(31)39-34(41)42-35(2,3)4;2-1-3/h13-24H,5-12,36-37H2,1-4H3,(H,38,40)(H,39,41);1H,(H2,2,3)/t23-,24-;. The Morgan fingerprint density at radius 3 is 2.04 bits per heavy atom. The van der Waals surface area contributed by atoms with Crippen LogP contribution in [0.25, 0.3) is 11.1 Å². The van der Waals surface area contributed by atoms with Gasteiger partial charge in [0.1, 0.15) is 5.60 Å². The topological polar surface area (TPSA) is 163 Å². The summed E-state index contributed by atoms with van der Waals surface area (Å²) in [4.78, 5) is 34.6. The lowest BCUT2D eigenvalue weighted by atomic mass is 9.77. The van der Waals surface area contributed by atoms with Crippen LogP contribution in [0.2, 0.25) is 0 Å². The molecule has 0 bridgehead atoms. The van der Waals surface area contributed by atoms with Crippen molar-refractivity contribution in [3.63, 3.8) is 0 Å². The van der Waals surface area contributed by atoms with Crippen LogP contribution in [0, 0.1) is 5.92 Å². The highest BCUT2D eigenvalue weighted by Gasteiger charge is 2.23. The molecule has 0 radical (unpaired) electrons. The number of primary amides is 1. The summed E-state index contributed by atoms with van der Waals surface area (Å²) in [6.07, 6.45) is 9.98. The van der Waals surface area contributed by atoms with Crippen molar-refractivity contribution in [2.75, 3.05) is 22.1 Å². The van der Waals surface area contributed by atoms with Gasteiger partial charge in [-0.05, 0) is 117 Å². The molecular weight excluding hydrogens is 566 g/mol. The zero-order valence-electron chi connectivity index (χ0n) is 27.0. The number of carbonyl (C=O) groups excluding carboxylic acids is 3. The number of rotatable bonds is 9. The minimum Gasteiger partial charge on any atom is -0.444 e. The zero-order valence-corrected chi connectivity index (χ0v) is 27.0. The van der Waals surface area contributed by atoms with Crippen molar-refractivity contribution in [2.45, 2.75) is 90.6 Å². The number of carbonyl (C=O) groups is 3. The summed E-state index contributed by atoms with van der Waals surface area (Å²) in [6, 6.07) is 18.6. The van der Waals surface area contributed by atoms with E-state index >= 15 is 0 Å². The number of benzene rings is 3. The average molecular weight is 616 g/mol. The summed E-state index contributed by atoms with van der Waals surface area (Å²) in [7, 11) is 0. The lowest BCUT2D eigenvalue weighted by Crippen LogP contribution is -2.27. The number of amides is 3. The van der Waals surface area contributed by atoms with E-state index in [1.807, 2.05) is 30.3 Å². The summed E-state index contributed by atoms with van der Waals surface area (Å²) in [5.74, 6) is 1.17. The molecule has 1 saturated carbocycles. The van der Waals surface area contributed by atoms with Crippen LogP contribution in [0.5, 0.6) is 0 Å². The lowest BCUT2D eigenvalue weighted by molar-refractivity contribution is -0.106. The molecule has 9 nitrogen and oxygen atoms in total. The number of unbranched alkanes of at least 4 members (excludes halogenated alkanes) is 2. The largest absolute Gasteiger partial charge is 0.444 e. The van der Waals surface area contributed by atoms with Crippen LogP contribution >= 0.6 is 0 Å². The fraction of sp³-hybridized carbons (Fsp3) is 0.417. The summed E-state index contributed by atoms with van der Waals surface area (Å²) in [5, 5.41) is 5.76. The van der Waals surface area contributed by atoms with Gasteiger partial charge in [-0.3, -0.25) is 14.9 Å². The first-order valence-electron chi connectivity index (χ1n) is 15.8. The van der Waals surface area contributed by atoms with Crippen molar-refractivity contribution in [1.82, 2.24) is 0 Å². The highest BCUT2D eigenvalue weighted by atomic mass is 16.6. The molecule has 3 amide bonds. The van der Waals surface area contributed by atoms with E-state index in [2.05, 4.69) is 35.4 Å². The molecule has 0 spiro atoms. The summed E-state index contributed by atoms with van der Waals surface area (Å²) in [6.45, 7) is 7.65. The maximum Gasteiger partial charge on any atom is 0.412 e. The molecule has 1 fully saturated rings. The Kier molecular flexibility index (Phi) is 12.8. The minimum absolute atomic E-state index is 0.250. The third-order valence-corrected chi connectivity index (χ3v) is 7.92. The maximum absolute atomic E-state index is 13.3. The van der Waals surface area contributed by atoms with Gasteiger partial charge in [-0.1, -0.05) is 50.8 Å². The van der Waals surface area contributed by atoms with E-state index in [1.165, 1.54) is 56.9 Å². The Morgan fingerprint density at radius 2 is 1.47 bits per heavy atom. The van der Waals surface area contributed by atoms with Gasteiger partial charge in [0.25, 0.3) is 5.91 Å². The molecule has 1 aliphatic carbocycles. The Hall–Kier alpha value is -4.53. The van der Waals surface area contributed by atoms with E-state index in [1.54, 1.807) is 39.0 Å². The number of hydrogen-bond acceptors (Lipinski definition) is 6. The van der Waals surface area contributed by atoms with Crippen LogP contribution in [-0.4, -0.2) is 24.0 Å². The number of hydrogen-bond donors (Lipinski definition) is 5.